The number of benzene rings is 2. The highest BCUT2D eigenvalue weighted by Gasteiger charge is 2.17. The minimum Gasteiger partial charge on any atom is -0.355 e. The van der Waals surface area contributed by atoms with Crippen LogP contribution < -0.4 is 10.9 Å². The Bertz CT molecular complexity index is 1350. The molecule has 6 nitrogen and oxygen atoms in total. The van der Waals surface area contributed by atoms with Crippen molar-refractivity contribution < 1.29 is 4.79 Å². The molecule has 0 radical (unpaired) electrons. The van der Waals surface area contributed by atoms with Crippen LogP contribution in [0.25, 0.3) is 22.2 Å². The number of halogens is 1. The number of carbonyl (C=O) groups is 1. The molecule has 0 saturated carbocycles. The normalized spacial score (nSPS) is 11.1. The van der Waals surface area contributed by atoms with E-state index in [0.29, 0.717) is 22.7 Å². The number of aromatic nitrogens is 3. The van der Waals surface area contributed by atoms with E-state index in [9.17, 15) is 9.59 Å². The summed E-state index contributed by atoms with van der Waals surface area (Å²) in [5.74, 6) is 0.0139. The number of aromatic amines is 1. The number of unbranched alkanes of at least 4 members (excludes halogenated alkanes) is 1. The van der Waals surface area contributed by atoms with Crippen molar-refractivity contribution in [1.82, 2.24) is 14.5 Å². The minimum atomic E-state index is -0.143. The maximum Gasteiger partial charge on any atom is 0.278 e. The van der Waals surface area contributed by atoms with E-state index >= 15 is 0 Å². The minimum absolute atomic E-state index is 0.109. The maximum atomic E-state index is 13.3. The molecule has 0 spiro atoms. The summed E-state index contributed by atoms with van der Waals surface area (Å²) in [5, 5.41) is 3.48. The predicted molar refractivity (Wildman–Crippen MR) is 139 cm³/mol. The van der Waals surface area contributed by atoms with Crippen molar-refractivity contribution >= 4 is 50.3 Å². The first-order valence-corrected chi connectivity index (χ1v) is 12.6. The first-order valence-electron chi connectivity index (χ1n) is 10.8. The Morgan fingerprint density at radius 1 is 1.21 bits per heavy atom. The van der Waals surface area contributed by atoms with Crippen LogP contribution >= 0.6 is 27.7 Å². The fraction of sp³-hybridized carbons (Fsp3) is 0.240. The summed E-state index contributed by atoms with van der Waals surface area (Å²) >= 11 is 4.76. The van der Waals surface area contributed by atoms with Gasteiger partial charge in [0.25, 0.3) is 5.56 Å². The van der Waals surface area contributed by atoms with Crippen LogP contribution in [0.1, 0.15) is 25.3 Å². The number of carbonyl (C=O) groups excluding carboxylic acids is 1. The number of anilines is 1. The van der Waals surface area contributed by atoms with E-state index in [-0.39, 0.29) is 17.2 Å². The number of H-pyrrole nitrogens is 1. The summed E-state index contributed by atoms with van der Waals surface area (Å²) in [6.07, 6.45) is 3.64. The summed E-state index contributed by atoms with van der Waals surface area (Å²) in [5.41, 5.74) is 4.66. The number of amides is 1. The van der Waals surface area contributed by atoms with E-state index in [1.807, 2.05) is 61.7 Å². The summed E-state index contributed by atoms with van der Waals surface area (Å²) in [7, 11) is 0. The van der Waals surface area contributed by atoms with Crippen LogP contribution in [0.2, 0.25) is 0 Å². The molecule has 2 N–H and O–H groups in total. The van der Waals surface area contributed by atoms with Crippen molar-refractivity contribution in [3.63, 3.8) is 0 Å². The molecule has 33 heavy (non-hydrogen) atoms. The van der Waals surface area contributed by atoms with Gasteiger partial charge in [0.2, 0.25) is 5.91 Å². The molecule has 0 aliphatic carbocycles. The highest BCUT2D eigenvalue weighted by molar-refractivity contribution is 9.10. The molecule has 2 heterocycles. The van der Waals surface area contributed by atoms with E-state index < -0.39 is 0 Å². The third-order valence-electron chi connectivity index (χ3n) is 5.34. The van der Waals surface area contributed by atoms with E-state index in [0.717, 1.165) is 39.7 Å². The van der Waals surface area contributed by atoms with E-state index in [1.54, 1.807) is 4.57 Å². The molecule has 0 bridgehead atoms. The molecular formula is C25H25BrN4O2S. The van der Waals surface area contributed by atoms with Gasteiger partial charge in [-0.1, -0.05) is 71.4 Å². The van der Waals surface area contributed by atoms with Crippen molar-refractivity contribution in [2.24, 2.45) is 0 Å². The third kappa shape index (κ3) is 5.23. The molecular weight excluding hydrogens is 500 g/mol. The molecule has 0 aliphatic rings. The monoisotopic (exact) mass is 524 g/mol. The lowest BCUT2D eigenvalue weighted by Crippen LogP contribution is -2.24. The first kappa shape index (κ1) is 23.3. The quantitative estimate of drug-likeness (QED) is 0.219. The predicted octanol–water partition coefficient (Wildman–Crippen LogP) is 5.99. The van der Waals surface area contributed by atoms with Crippen molar-refractivity contribution in [2.75, 3.05) is 11.1 Å². The summed E-state index contributed by atoms with van der Waals surface area (Å²) in [4.78, 5) is 33.9. The molecule has 0 fully saturated rings. The number of nitrogens with zero attached hydrogens (tertiary/aromatic N) is 2. The Kier molecular flexibility index (Phi) is 7.35. The number of hydrogen-bond acceptors (Lipinski definition) is 4. The van der Waals surface area contributed by atoms with Gasteiger partial charge in [-0.25, -0.2) is 4.98 Å². The summed E-state index contributed by atoms with van der Waals surface area (Å²) in [6.45, 7) is 4.62. The molecule has 4 aromatic rings. The summed E-state index contributed by atoms with van der Waals surface area (Å²) < 4.78 is 2.67. The lowest BCUT2D eigenvalue weighted by molar-refractivity contribution is -0.113. The van der Waals surface area contributed by atoms with Crippen molar-refractivity contribution in [1.29, 1.82) is 0 Å². The standard InChI is InChI=1S/C25H25BrN4O2S/c1-3-4-12-30-24(32)23-22(19(14-27-23)17-8-6-5-7-9-17)29-25(30)33-15-21(31)28-18-10-11-20(26)16(2)13-18/h5-11,13-14,27H,3-4,12,15H2,1-2H3,(H,28,31). The fourth-order valence-corrected chi connectivity index (χ4v) is 4.65. The van der Waals surface area contributed by atoms with Crippen LogP contribution in [0, 0.1) is 6.92 Å². The first-order chi connectivity index (χ1) is 16.0. The topological polar surface area (TPSA) is 79.8 Å². The lowest BCUT2D eigenvalue weighted by Gasteiger charge is -2.12. The molecule has 0 atom stereocenters. The molecule has 4 rings (SSSR count). The van der Waals surface area contributed by atoms with Crippen molar-refractivity contribution in [3.8, 4) is 11.1 Å². The number of nitrogens with one attached hydrogen (secondary N) is 2. The maximum absolute atomic E-state index is 13.3. The molecule has 0 saturated heterocycles. The van der Waals surface area contributed by atoms with Gasteiger partial charge in [0.15, 0.2) is 5.16 Å². The van der Waals surface area contributed by atoms with Crippen molar-refractivity contribution in [2.45, 2.75) is 38.4 Å². The third-order valence-corrected chi connectivity index (χ3v) is 7.21. The second kappa shape index (κ2) is 10.4. The Labute approximate surface area is 205 Å². The molecule has 8 heteroatoms. The molecule has 0 aliphatic heterocycles. The fourth-order valence-electron chi connectivity index (χ4n) is 3.58. The smallest absolute Gasteiger partial charge is 0.278 e. The van der Waals surface area contributed by atoms with Gasteiger partial charge in [0, 0.05) is 28.5 Å². The van der Waals surface area contributed by atoms with Crippen LogP contribution in [0.15, 0.2) is 69.2 Å². The van der Waals surface area contributed by atoms with Gasteiger partial charge in [0.05, 0.1) is 5.75 Å². The van der Waals surface area contributed by atoms with Gasteiger partial charge < -0.3 is 10.3 Å². The Hall–Kier alpha value is -2.84. The Morgan fingerprint density at radius 2 is 2.00 bits per heavy atom. The molecule has 1 amide bonds. The highest BCUT2D eigenvalue weighted by Crippen LogP contribution is 2.28. The van der Waals surface area contributed by atoms with Gasteiger partial charge in [-0.15, -0.1) is 0 Å². The van der Waals surface area contributed by atoms with Crippen LogP contribution in [0.3, 0.4) is 0 Å². The number of rotatable bonds is 8. The van der Waals surface area contributed by atoms with Gasteiger partial charge in [0.1, 0.15) is 11.0 Å². The van der Waals surface area contributed by atoms with Gasteiger partial charge in [-0.3, -0.25) is 14.2 Å². The molecule has 2 aromatic carbocycles. The van der Waals surface area contributed by atoms with E-state index in [4.69, 9.17) is 4.98 Å². The second-order valence-corrected chi connectivity index (χ2v) is 9.59. The second-order valence-electron chi connectivity index (χ2n) is 7.80. The average Bonchev–Trinajstić information content (AvgIpc) is 3.24. The van der Waals surface area contributed by atoms with Crippen molar-refractivity contribution in [3.05, 3.63) is 75.1 Å². The highest BCUT2D eigenvalue weighted by atomic mass is 79.9. The zero-order valence-electron chi connectivity index (χ0n) is 18.5. The molecule has 2 aromatic heterocycles. The number of aryl methyl sites for hydroxylation is 1. The Morgan fingerprint density at radius 3 is 2.73 bits per heavy atom. The molecule has 170 valence electrons. The number of thioether (sulfide) groups is 1. The zero-order chi connectivity index (χ0) is 23.4. The van der Waals surface area contributed by atoms with Crippen LogP contribution in [-0.4, -0.2) is 26.2 Å². The van der Waals surface area contributed by atoms with Gasteiger partial charge >= 0.3 is 0 Å². The summed E-state index contributed by atoms with van der Waals surface area (Å²) in [6, 6.07) is 15.5. The lowest BCUT2D eigenvalue weighted by atomic mass is 10.1. The van der Waals surface area contributed by atoms with Crippen LogP contribution in [0.4, 0.5) is 5.69 Å². The largest absolute Gasteiger partial charge is 0.355 e. The van der Waals surface area contributed by atoms with E-state index in [2.05, 4.69) is 33.2 Å². The number of hydrogen-bond donors (Lipinski definition) is 2. The van der Waals surface area contributed by atoms with Gasteiger partial charge in [-0.2, -0.15) is 0 Å². The molecule has 0 unspecified atom stereocenters. The zero-order valence-corrected chi connectivity index (χ0v) is 20.9. The average molecular weight is 525 g/mol. The van der Waals surface area contributed by atoms with Crippen LogP contribution in [-0.2, 0) is 11.3 Å². The Balaban J connectivity index is 1.63. The SMILES string of the molecule is CCCCn1c(SCC(=O)Nc2ccc(Br)c(C)c2)nc2c(-c3ccccc3)c[nH]c2c1=O. The van der Waals surface area contributed by atoms with Gasteiger partial charge in [-0.05, 0) is 42.7 Å². The number of fused-ring (bicyclic) bond motifs is 1. The van der Waals surface area contributed by atoms with Crippen LogP contribution in [0.5, 0.6) is 0 Å². The van der Waals surface area contributed by atoms with E-state index in [1.165, 1.54) is 11.8 Å².